The van der Waals surface area contributed by atoms with Crippen molar-refractivity contribution in [1.82, 2.24) is 0 Å². The lowest BCUT2D eigenvalue weighted by molar-refractivity contribution is 0.211. The second kappa shape index (κ2) is 4.04. The summed E-state index contributed by atoms with van der Waals surface area (Å²) in [6.07, 6.45) is 3.90. The van der Waals surface area contributed by atoms with Gasteiger partial charge in [-0.15, -0.1) is 0 Å². The molecule has 75 valence electrons. The number of rotatable bonds is 3. The lowest BCUT2D eigenvalue weighted by atomic mass is 10.0. The first-order chi connectivity index (χ1) is 6.75. The molecule has 0 bridgehead atoms. The Balaban J connectivity index is 1.92. The smallest absolute Gasteiger partial charge is 0.123 e. The SMILES string of the molecule is CC(C)CCC1Cc2c[c]ccc2O1. The van der Waals surface area contributed by atoms with Gasteiger partial charge < -0.3 is 4.74 Å². The quantitative estimate of drug-likeness (QED) is 0.709. The molecule has 0 fully saturated rings. The number of benzene rings is 1. The van der Waals surface area contributed by atoms with Crippen LogP contribution in [0, 0.1) is 12.0 Å². The van der Waals surface area contributed by atoms with Crippen molar-refractivity contribution in [3.8, 4) is 5.75 Å². The Kier molecular flexibility index (Phi) is 2.76. The molecule has 1 aromatic rings. The molecule has 0 saturated heterocycles. The Hall–Kier alpha value is -0.980. The summed E-state index contributed by atoms with van der Waals surface area (Å²) in [4.78, 5) is 0. The summed E-state index contributed by atoms with van der Waals surface area (Å²) in [5.74, 6) is 1.84. The van der Waals surface area contributed by atoms with E-state index < -0.39 is 0 Å². The Labute approximate surface area is 86.1 Å². The third-order valence-corrected chi connectivity index (χ3v) is 2.71. The minimum atomic E-state index is 0.406. The van der Waals surface area contributed by atoms with E-state index in [0.29, 0.717) is 6.10 Å². The van der Waals surface area contributed by atoms with E-state index in [1.54, 1.807) is 0 Å². The predicted molar refractivity (Wildman–Crippen MR) is 57.5 cm³/mol. The van der Waals surface area contributed by atoms with E-state index in [9.17, 15) is 0 Å². The molecule has 1 aromatic carbocycles. The van der Waals surface area contributed by atoms with Gasteiger partial charge in [-0.2, -0.15) is 0 Å². The van der Waals surface area contributed by atoms with Crippen LogP contribution >= 0.6 is 0 Å². The zero-order chi connectivity index (χ0) is 9.97. The van der Waals surface area contributed by atoms with Gasteiger partial charge >= 0.3 is 0 Å². The van der Waals surface area contributed by atoms with Crippen LogP contribution in [-0.4, -0.2) is 6.10 Å². The topological polar surface area (TPSA) is 9.23 Å². The van der Waals surface area contributed by atoms with Gasteiger partial charge in [0.05, 0.1) is 0 Å². The van der Waals surface area contributed by atoms with Crippen LogP contribution in [0.2, 0.25) is 0 Å². The number of hydrogen-bond donors (Lipinski definition) is 0. The van der Waals surface area contributed by atoms with Crippen molar-refractivity contribution in [3.63, 3.8) is 0 Å². The van der Waals surface area contributed by atoms with E-state index in [0.717, 1.165) is 18.1 Å². The highest BCUT2D eigenvalue weighted by Crippen LogP contribution is 2.30. The van der Waals surface area contributed by atoms with Crippen LogP contribution in [0.15, 0.2) is 18.2 Å². The molecular formula is C13H17O. The molecule has 1 heteroatoms. The molecule has 1 heterocycles. The molecule has 1 nitrogen and oxygen atoms in total. The predicted octanol–water partition coefficient (Wildman–Crippen LogP) is 3.23. The highest BCUT2D eigenvalue weighted by molar-refractivity contribution is 5.36. The maximum atomic E-state index is 5.84. The normalized spacial score (nSPS) is 19.5. The maximum Gasteiger partial charge on any atom is 0.123 e. The van der Waals surface area contributed by atoms with Gasteiger partial charge in [0.2, 0.25) is 0 Å². The van der Waals surface area contributed by atoms with Gasteiger partial charge in [-0.25, -0.2) is 0 Å². The lowest BCUT2D eigenvalue weighted by Gasteiger charge is -2.11. The van der Waals surface area contributed by atoms with E-state index >= 15 is 0 Å². The van der Waals surface area contributed by atoms with Gasteiger partial charge in [-0.1, -0.05) is 19.9 Å². The van der Waals surface area contributed by atoms with Crippen molar-refractivity contribution in [2.45, 2.75) is 39.2 Å². The Morgan fingerprint density at radius 2 is 2.43 bits per heavy atom. The summed E-state index contributed by atoms with van der Waals surface area (Å²) < 4.78 is 5.84. The van der Waals surface area contributed by atoms with Gasteiger partial charge in [0.25, 0.3) is 0 Å². The molecule has 1 aliphatic heterocycles. The van der Waals surface area contributed by atoms with Crippen LogP contribution in [0.1, 0.15) is 32.3 Å². The van der Waals surface area contributed by atoms with Crippen LogP contribution in [0.25, 0.3) is 0 Å². The molecule has 0 aliphatic carbocycles. The van der Waals surface area contributed by atoms with Gasteiger partial charge in [-0.3, -0.25) is 0 Å². The van der Waals surface area contributed by atoms with E-state index in [4.69, 9.17) is 4.74 Å². The fourth-order valence-corrected chi connectivity index (χ4v) is 1.87. The zero-order valence-corrected chi connectivity index (χ0v) is 8.92. The first kappa shape index (κ1) is 9.57. The molecular weight excluding hydrogens is 172 g/mol. The molecule has 1 unspecified atom stereocenters. The molecule has 2 rings (SSSR count). The number of fused-ring (bicyclic) bond motifs is 1. The number of ether oxygens (including phenoxy) is 1. The zero-order valence-electron chi connectivity index (χ0n) is 8.92. The second-order valence-electron chi connectivity index (χ2n) is 4.45. The van der Waals surface area contributed by atoms with Crippen LogP contribution in [0.5, 0.6) is 5.75 Å². The molecule has 0 aromatic heterocycles. The Morgan fingerprint density at radius 1 is 1.57 bits per heavy atom. The van der Waals surface area contributed by atoms with Crippen LogP contribution < -0.4 is 4.74 Å². The highest BCUT2D eigenvalue weighted by atomic mass is 16.5. The summed E-state index contributed by atoms with van der Waals surface area (Å²) in [6, 6.07) is 9.08. The largest absolute Gasteiger partial charge is 0.490 e. The summed E-state index contributed by atoms with van der Waals surface area (Å²) in [5.41, 5.74) is 1.32. The van der Waals surface area contributed by atoms with E-state index in [1.807, 2.05) is 18.2 Å². The molecule has 0 amide bonds. The van der Waals surface area contributed by atoms with E-state index in [2.05, 4.69) is 19.9 Å². The molecule has 0 N–H and O–H groups in total. The maximum absolute atomic E-state index is 5.84. The average Bonchev–Trinajstić information content (AvgIpc) is 2.57. The van der Waals surface area contributed by atoms with Gasteiger partial charge in [0, 0.05) is 6.42 Å². The van der Waals surface area contributed by atoms with Gasteiger partial charge in [-0.05, 0) is 42.5 Å². The fourth-order valence-electron chi connectivity index (χ4n) is 1.87. The summed E-state index contributed by atoms with van der Waals surface area (Å²) in [5, 5.41) is 0. The van der Waals surface area contributed by atoms with Crippen molar-refractivity contribution in [2.24, 2.45) is 5.92 Å². The highest BCUT2D eigenvalue weighted by Gasteiger charge is 2.21. The summed E-state index contributed by atoms with van der Waals surface area (Å²) in [7, 11) is 0. The van der Waals surface area contributed by atoms with Crippen molar-refractivity contribution in [1.29, 1.82) is 0 Å². The first-order valence-corrected chi connectivity index (χ1v) is 5.41. The third-order valence-electron chi connectivity index (χ3n) is 2.71. The average molecular weight is 189 g/mol. The standard InChI is InChI=1S/C13H17O/c1-10(2)7-8-12-9-11-5-3-4-6-13(11)14-12/h4-6,10,12H,7-9H2,1-2H3. The van der Waals surface area contributed by atoms with Crippen LogP contribution in [0.4, 0.5) is 0 Å². The Bertz CT molecular complexity index is 279. The van der Waals surface area contributed by atoms with Crippen molar-refractivity contribution < 1.29 is 4.74 Å². The van der Waals surface area contributed by atoms with E-state index in [1.165, 1.54) is 18.4 Å². The Morgan fingerprint density at radius 3 is 3.14 bits per heavy atom. The van der Waals surface area contributed by atoms with Gasteiger partial charge in [0.1, 0.15) is 11.9 Å². The molecule has 14 heavy (non-hydrogen) atoms. The van der Waals surface area contributed by atoms with Gasteiger partial charge in [0.15, 0.2) is 0 Å². The monoisotopic (exact) mass is 189 g/mol. The minimum Gasteiger partial charge on any atom is -0.490 e. The van der Waals surface area contributed by atoms with Crippen molar-refractivity contribution in [2.75, 3.05) is 0 Å². The lowest BCUT2D eigenvalue weighted by Crippen LogP contribution is -2.13. The minimum absolute atomic E-state index is 0.406. The molecule has 1 atom stereocenters. The second-order valence-corrected chi connectivity index (χ2v) is 4.45. The molecule has 0 saturated carbocycles. The number of hydrogen-bond acceptors (Lipinski definition) is 1. The van der Waals surface area contributed by atoms with Crippen molar-refractivity contribution in [3.05, 3.63) is 29.8 Å². The molecule has 0 spiro atoms. The molecule has 1 radical (unpaired) electrons. The molecule has 1 aliphatic rings. The summed E-state index contributed by atoms with van der Waals surface area (Å²) >= 11 is 0. The fraction of sp³-hybridized carbons (Fsp3) is 0.538. The van der Waals surface area contributed by atoms with E-state index in [-0.39, 0.29) is 0 Å². The van der Waals surface area contributed by atoms with Crippen LogP contribution in [0.3, 0.4) is 0 Å². The van der Waals surface area contributed by atoms with Crippen LogP contribution in [-0.2, 0) is 6.42 Å². The summed E-state index contributed by atoms with van der Waals surface area (Å²) in [6.45, 7) is 4.52. The van der Waals surface area contributed by atoms with Crippen molar-refractivity contribution >= 4 is 0 Å². The first-order valence-electron chi connectivity index (χ1n) is 5.41. The third kappa shape index (κ3) is 2.09.